The monoisotopic (exact) mass is 173 g/mol. The molecule has 0 spiro atoms. The van der Waals surface area contributed by atoms with E-state index in [1.54, 1.807) is 0 Å². The average molecular weight is 173 g/mol. The Hall–Kier alpha value is 0.300. The van der Waals surface area contributed by atoms with Crippen molar-refractivity contribution in [1.29, 1.82) is 0 Å². The lowest BCUT2D eigenvalue weighted by Gasteiger charge is -2.16. The van der Waals surface area contributed by atoms with Crippen LogP contribution in [-0.2, 0) is 0 Å². The maximum absolute atomic E-state index is 5.32. The summed E-state index contributed by atoms with van der Waals surface area (Å²) in [5.74, 6) is 2.80. The number of hydrogen-bond acceptors (Lipinski definition) is 2. The standard InChI is InChI=1S/C7H12NPS/c1-4-7-5-6-9(10-7)8(2)3/h1,7H,5-6H2,2-3H3. The summed E-state index contributed by atoms with van der Waals surface area (Å²) in [7, 11) is 4.33. The Morgan fingerprint density at radius 3 is 2.70 bits per heavy atom. The van der Waals surface area contributed by atoms with E-state index in [2.05, 4.69) is 24.7 Å². The first-order valence-electron chi connectivity index (χ1n) is 3.31. The number of hydrogen-bond donors (Lipinski definition) is 0. The Bertz CT molecular complexity index is 152. The summed E-state index contributed by atoms with van der Waals surface area (Å²) in [4.78, 5) is 0. The van der Waals surface area contributed by atoms with Crippen LogP contribution in [0.2, 0.25) is 0 Å². The molecule has 0 amide bonds. The van der Waals surface area contributed by atoms with Gasteiger partial charge in [-0.15, -0.1) is 17.8 Å². The second-order valence-corrected chi connectivity index (χ2v) is 7.10. The van der Waals surface area contributed by atoms with Gasteiger partial charge in [0.05, 0.1) is 5.25 Å². The molecule has 0 N–H and O–H groups in total. The third-order valence-electron chi connectivity index (χ3n) is 1.46. The summed E-state index contributed by atoms with van der Waals surface area (Å²) in [6.45, 7) is 0. The van der Waals surface area contributed by atoms with Crippen LogP contribution in [0.5, 0.6) is 0 Å². The quantitative estimate of drug-likeness (QED) is 0.440. The van der Waals surface area contributed by atoms with E-state index in [9.17, 15) is 0 Å². The molecule has 3 heteroatoms. The van der Waals surface area contributed by atoms with Gasteiger partial charge in [0, 0.05) is 7.27 Å². The van der Waals surface area contributed by atoms with Gasteiger partial charge in [-0.3, -0.25) is 4.67 Å². The highest BCUT2D eigenvalue weighted by Crippen LogP contribution is 2.59. The highest BCUT2D eigenvalue weighted by molar-refractivity contribution is 8.55. The van der Waals surface area contributed by atoms with Crippen molar-refractivity contribution >= 4 is 18.7 Å². The van der Waals surface area contributed by atoms with Gasteiger partial charge in [0.25, 0.3) is 0 Å². The molecule has 0 saturated carbocycles. The molecule has 10 heavy (non-hydrogen) atoms. The summed E-state index contributed by atoms with van der Waals surface area (Å²) < 4.78 is 2.30. The Morgan fingerprint density at radius 2 is 2.40 bits per heavy atom. The van der Waals surface area contributed by atoms with E-state index in [0.717, 1.165) is 0 Å². The maximum Gasteiger partial charge on any atom is 0.0712 e. The van der Waals surface area contributed by atoms with Crippen molar-refractivity contribution in [1.82, 2.24) is 4.67 Å². The number of terminal acetylenes is 1. The minimum atomic E-state index is 0.0582. The van der Waals surface area contributed by atoms with Gasteiger partial charge in [-0.25, -0.2) is 0 Å². The first kappa shape index (κ1) is 8.40. The van der Waals surface area contributed by atoms with Gasteiger partial charge in [-0.05, 0) is 26.7 Å². The topological polar surface area (TPSA) is 3.24 Å². The fraction of sp³-hybridized carbons (Fsp3) is 0.714. The normalized spacial score (nSPS) is 32.6. The van der Waals surface area contributed by atoms with Crippen LogP contribution in [0.1, 0.15) is 6.42 Å². The predicted octanol–water partition coefficient (Wildman–Crippen LogP) is 2.00. The molecule has 1 nitrogen and oxygen atoms in total. The largest absolute Gasteiger partial charge is 0.280 e. The molecule has 0 aromatic rings. The molecular formula is C7H12NPS. The molecule has 1 rings (SSSR count). The zero-order valence-electron chi connectivity index (χ0n) is 6.37. The Labute approximate surface area is 68.1 Å². The first-order valence-corrected chi connectivity index (χ1v) is 6.28. The smallest absolute Gasteiger partial charge is 0.0712 e. The SMILES string of the molecule is C#CC1CCP(N(C)C)S1. The summed E-state index contributed by atoms with van der Waals surface area (Å²) in [5, 5.41) is 0.494. The Balaban J connectivity index is 2.37. The minimum absolute atomic E-state index is 0.0582. The van der Waals surface area contributed by atoms with E-state index in [-0.39, 0.29) is 7.27 Å². The zero-order valence-corrected chi connectivity index (χ0v) is 8.08. The van der Waals surface area contributed by atoms with Crippen LogP contribution in [0, 0.1) is 12.3 Å². The van der Waals surface area contributed by atoms with Crippen molar-refractivity contribution in [2.24, 2.45) is 0 Å². The van der Waals surface area contributed by atoms with Crippen LogP contribution in [0.3, 0.4) is 0 Å². The van der Waals surface area contributed by atoms with E-state index >= 15 is 0 Å². The van der Waals surface area contributed by atoms with Crippen molar-refractivity contribution in [3.63, 3.8) is 0 Å². The van der Waals surface area contributed by atoms with Gasteiger partial charge in [-0.1, -0.05) is 5.92 Å². The van der Waals surface area contributed by atoms with Crippen molar-refractivity contribution in [2.45, 2.75) is 11.7 Å². The molecule has 0 aromatic heterocycles. The van der Waals surface area contributed by atoms with Crippen molar-refractivity contribution < 1.29 is 0 Å². The third-order valence-corrected chi connectivity index (χ3v) is 6.89. The highest BCUT2D eigenvalue weighted by atomic mass is 32.7. The maximum atomic E-state index is 5.32. The molecule has 2 unspecified atom stereocenters. The zero-order chi connectivity index (χ0) is 7.56. The highest BCUT2D eigenvalue weighted by Gasteiger charge is 2.24. The van der Waals surface area contributed by atoms with Crippen molar-refractivity contribution in [3.8, 4) is 12.3 Å². The van der Waals surface area contributed by atoms with Gasteiger partial charge < -0.3 is 0 Å². The van der Waals surface area contributed by atoms with Crippen LogP contribution in [0.15, 0.2) is 0 Å². The molecule has 1 aliphatic heterocycles. The Morgan fingerprint density at radius 1 is 1.70 bits per heavy atom. The lowest BCUT2D eigenvalue weighted by molar-refractivity contribution is 0.686. The molecule has 1 fully saturated rings. The van der Waals surface area contributed by atoms with E-state index in [1.165, 1.54) is 12.6 Å². The fourth-order valence-corrected chi connectivity index (χ4v) is 5.39. The molecule has 0 radical (unpaired) electrons. The van der Waals surface area contributed by atoms with Gasteiger partial charge in [-0.2, -0.15) is 0 Å². The van der Waals surface area contributed by atoms with E-state index in [0.29, 0.717) is 5.25 Å². The number of nitrogens with zero attached hydrogens (tertiary/aromatic N) is 1. The lowest BCUT2D eigenvalue weighted by Crippen LogP contribution is -2.00. The molecule has 0 aromatic carbocycles. The average Bonchev–Trinajstić information content (AvgIpc) is 2.34. The summed E-state index contributed by atoms with van der Waals surface area (Å²) in [6.07, 6.45) is 7.84. The van der Waals surface area contributed by atoms with Crippen LogP contribution < -0.4 is 0 Å². The molecule has 0 bridgehead atoms. The molecule has 56 valence electrons. The molecule has 1 aliphatic rings. The first-order chi connectivity index (χ1) is 4.74. The van der Waals surface area contributed by atoms with Gasteiger partial charge in [0.15, 0.2) is 0 Å². The van der Waals surface area contributed by atoms with Crippen LogP contribution in [0.25, 0.3) is 0 Å². The molecular weight excluding hydrogens is 161 g/mol. The van der Waals surface area contributed by atoms with E-state index in [1.807, 2.05) is 11.4 Å². The predicted molar refractivity (Wildman–Crippen MR) is 50.3 cm³/mol. The number of rotatable bonds is 1. The van der Waals surface area contributed by atoms with Crippen LogP contribution in [0.4, 0.5) is 0 Å². The van der Waals surface area contributed by atoms with Crippen LogP contribution >= 0.6 is 18.7 Å². The van der Waals surface area contributed by atoms with E-state index < -0.39 is 0 Å². The Kier molecular flexibility index (Phi) is 3.04. The van der Waals surface area contributed by atoms with E-state index in [4.69, 9.17) is 6.42 Å². The fourth-order valence-electron chi connectivity index (χ4n) is 0.888. The third kappa shape index (κ3) is 1.89. The van der Waals surface area contributed by atoms with Gasteiger partial charge in [0.1, 0.15) is 0 Å². The van der Waals surface area contributed by atoms with Crippen molar-refractivity contribution in [2.75, 3.05) is 20.3 Å². The van der Waals surface area contributed by atoms with Crippen LogP contribution in [-0.4, -0.2) is 30.2 Å². The second kappa shape index (κ2) is 3.62. The molecule has 1 saturated heterocycles. The summed E-state index contributed by atoms with van der Waals surface area (Å²) in [5.41, 5.74) is 0. The van der Waals surface area contributed by atoms with Gasteiger partial charge in [0.2, 0.25) is 0 Å². The molecule has 1 heterocycles. The lowest BCUT2D eigenvalue weighted by atomic mass is 10.3. The molecule has 0 aliphatic carbocycles. The van der Waals surface area contributed by atoms with Crippen molar-refractivity contribution in [3.05, 3.63) is 0 Å². The molecule has 2 atom stereocenters. The summed E-state index contributed by atoms with van der Waals surface area (Å²) in [6, 6.07) is 0. The second-order valence-electron chi connectivity index (χ2n) is 2.47. The van der Waals surface area contributed by atoms with Gasteiger partial charge >= 0.3 is 0 Å². The summed E-state index contributed by atoms with van der Waals surface area (Å²) >= 11 is 1.97. The minimum Gasteiger partial charge on any atom is -0.280 e.